The lowest BCUT2D eigenvalue weighted by molar-refractivity contribution is -0.148. The van der Waals surface area contributed by atoms with Crippen molar-refractivity contribution in [3.05, 3.63) is 99.9 Å². The van der Waals surface area contributed by atoms with Gasteiger partial charge in [-0.05, 0) is 90.0 Å². The highest BCUT2D eigenvalue weighted by Gasteiger charge is 2.24. The molecule has 0 aliphatic heterocycles. The summed E-state index contributed by atoms with van der Waals surface area (Å²) in [6, 6.07) is 25.2. The van der Waals surface area contributed by atoms with Gasteiger partial charge in [0.1, 0.15) is 5.75 Å². The number of hydrogen-bond acceptors (Lipinski definition) is 4. The lowest BCUT2D eigenvalue weighted by atomic mass is 9.91. The fraction of sp³-hybridized carbons (Fsp3) is 0.219. The lowest BCUT2D eigenvalue weighted by Gasteiger charge is -2.21. The van der Waals surface area contributed by atoms with E-state index in [-0.39, 0.29) is 5.97 Å². The molecule has 0 saturated heterocycles. The van der Waals surface area contributed by atoms with Gasteiger partial charge < -0.3 is 9.47 Å². The van der Waals surface area contributed by atoms with Gasteiger partial charge in [-0.15, -0.1) is 11.3 Å². The number of fused-ring (bicyclic) bond motifs is 2. The molecule has 4 aromatic carbocycles. The van der Waals surface area contributed by atoms with Crippen molar-refractivity contribution >= 4 is 38.2 Å². The molecular formula is C32H30O3S. The third kappa shape index (κ3) is 4.38. The molecule has 0 unspecified atom stereocenters. The van der Waals surface area contributed by atoms with Crippen molar-refractivity contribution in [2.75, 3.05) is 7.11 Å². The number of methoxy groups -OCH3 is 1. The maximum atomic E-state index is 12.6. The topological polar surface area (TPSA) is 35.5 Å². The molecule has 182 valence electrons. The van der Waals surface area contributed by atoms with E-state index >= 15 is 0 Å². The molecule has 5 aromatic rings. The molecule has 0 aliphatic rings. The van der Waals surface area contributed by atoms with Crippen LogP contribution in [0.2, 0.25) is 0 Å². The molecule has 0 N–H and O–H groups in total. The zero-order chi connectivity index (χ0) is 25.4. The number of thiophene rings is 1. The van der Waals surface area contributed by atoms with Crippen molar-refractivity contribution in [1.82, 2.24) is 0 Å². The largest absolute Gasteiger partial charge is 0.478 e. The summed E-state index contributed by atoms with van der Waals surface area (Å²) in [5.74, 6) is 0.363. The Morgan fingerprint density at radius 2 is 1.56 bits per heavy atom. The van der Waals surface area contributed by atoms with E-state index in [0.29, 0.717) is 6.42 Å². The number of benzene rings is 4. The standard InChI is InChI=1S/C32H30O3S/c1-19-15-25(30-26-14-10-9-13-24(26)18-28-29(30)21(3)22(4)36-28)16-20(2)31(19)35-27(32(33)34-5)17-23-11-7-6-8-12-23/h6-16,18,27H,17H2,1-5H3/t27-/m1/s1. The van der Waals surface area contributed by atoms with Crippen LogP contribution in [0.4, 0.5) is 0 Å². The minimum atomic E-state index is -0.716. The van der Waals surface area contributed by atoms with Crippen LogP contribution < -0.4 is 4.74 Å². The molecule has 0 fully saturated rings. The summed E-state index contributed by atoms with van der Waals surface area (Å²) in [7, 11) is 1.41. The number of hydrogen-bond donors (Lipinski definition) is 0. The highest BCUT2D eigenvalue weighted by atomic mass is 32.1. The third-order valence-corrected chi connectivity index (χ3v) is 8.07. The Morgan fingerprint density at radius 1 is 0.889 bits per heavy atom. The zero-order valence-corrected chi connectivity index (χ0v) is 22.2. The summed E-state index contributed by atoms with van der Waals surface area (Å²) < 4.78 is 12.7. The quantitative estimate of drug-likeness (QED) is 0.224. The van der Waals surface area contributed by atoms with Gasteiger partial charge in [-0.3, -0.25) is 0 Å². The van der Waals surface area contributed by atoms with Crippen molar-refractivity contribution in [3.63, 3.8) is 0 Å². The maximum Gasteiger partial charge on any atom is 0.347 e. The van der Waals surface area contributed by atoms with Crippen LogP contribution in [-0.4, -0.2) is 19.2 Å². The van der Waals surface area contributed by atoms with Crippen molar-refractivity contribution in [3.8, 4) is 16.9 Å². The number of carbonyl (C=O) groups excluding carboxylic acids is 1. The number of rotatable bonds is 6. The molecule has 1 aromatic heterocycles. The predicted octanol–water partition coefficient (Wildman–Crippen LogP) is 8.12. The molecule has 3 nitrogen and oxygen atoms in total. The third-order valence-electron chi connectivity index (χ3n) is 6.92. The summed E-state index contributed by atoms with van der Waals surface area (Å²) in [6.07, 6.45) is -0.266. The van der Waals surface area contributed by atoms with Crippen LogP contribution in [0.1, 0.15) is 27.1 Å². The van der Waals surface area contributed by atoms with E-state index in [1.807, 2.05) is 41.7 Å². The van der Waals surface area contributed by atoms with Crippen molar-refractivity contribution in [2.24, 2.45) is 0 Å². The second kappa shape index (κ2) is 9.79. The average Bonchev–Trinajstić information content (AvgIpc) is 3.16. The summed E-state index contributed by atoms with van der Waals surface area (Å²) >= 11 is 1.85. The Balaban J connectivity index is 1.61. The predicted molar refractivity (Wildman–Crippen MR) is 150 cm³/mol. The van der Waals surface area contributed by atoms with Crippen LogP contribution in [0, 0.1) is 27.7 Å². The average molecular weight is 495 g/mol. The Bertz CT molecular complexity index is 1560. The normalized spacial score (nSPS) is 12.1. The van der Waals surface area contributed by atoms with E-state index in [2.05, 4.69) is 70.2 Å². The van der Waals surface area contributed by atoms with Crippen molar-refractivity contribution in [2.45, 2.75) is 40.2 Å². The molecule has 0 saturated carbocycles. The Labute approximate surface area is 216 Å². The SMILES string of the molecule is COC(=O)[C@@H](Cc1ccccc1)Oc1c(C)cc(-c2c3ccccc3cc3sc(C)c(C)c23)cc1C. The summed E-state index contributed by atoms with van der Waals surface area (Å²) in [6.45, 7) is 8.52. The number of aryl methyl sites for hydroxylation is 4. The monoisotopic (exact) mass is 494 g/mol. The summed E-state index contributed by atoms with van der Waals surface area (Å²) in [4.78, 5) is 14.0. The van der Waals surface area contributed by atoms with Crippen LogP contribution in [-0.2, 0) is 16.0 Å². The van der Waals surface area contributed by atoms with E-state index in [9.17, 15) is 4.79 Å². The van der Waals surface area contributed by atoms with Gasteiger partial charge in [-0.2, -0.15) is 0 Å². The fourth-order valence-electron chi connectivity index (χ4n) is 5.05. The zero-order valence-electron chi connectivity index (χ0n) is 21.3. The second-order valence-electron chi connectivity index (χ2n) is 9.39. The van der Waals surface area contributed by atoms with Gasteiger partial charge >= 0.3 is 5.97 Å². The smallest absolute Gasteiger partial charge is 0.347 e. The van der Waals surface area contributed by atoms with Crippen LogP contribution in [0.15, 0.2) is 72.8 Å². The van der Waals surface area contributed by atoms with Crippen LogP contribution in [0.25, 0.3) is 32.0 Å². The van der Waals surface area contributed by atoms with E-state index in [1.54, 1.807) is 0 Å². The van der Waals surface area contributed by atoms with Gasteiger partial charge in [0.05, 0.1) is 7.11 Å². The van der Waals surface area contributed by atoms with Crippen molar-refractivity contribution in [1.29, 1.82) is 0 Å². The first-order valence-electron chi connectivity index (χ1n) is 12.2. The molecule has 1 atom stereocenters. The molecule has 0 amide bonds. The Morgan fingerprint density at radius 3 is 2.25 bits per heavy atom. The van der Waals surface area contributed by atoms with E-state index in [1.165, 1.54) is 44.0 Å². The minimum Gasteiger partial charge on any atom is -0.478 e. The van der Waals surface area contributed by atoms with E-state index in [0.717, 1.165) is 28.0 Å². The fourth-order valence-corrected chi connectivity index (χ4v) is 6.18. The maximum absolute atomic E-state index is 12.6. The van der Waals surface area contributed by atoms with Gasteiger partial charge in [0.2, 0.25) is 0 Å². The first-order chi connectivity index (χ1) is 17.4. The van der Waals surface area contributed by atoms with E-state index < -0.39 is 6.10 Å². The van der Waals surface area contributed by atoms with Crippen LogP contribution >= 0.6 is 11.3 Å². The molecular weight excluding hydrogens is 464 g/mol. The number of ether oxygens (including phenoxy) is 2. The molecule has 4 heteroatoms. The second-order valence-corrected chi connectivity index (χ2v) is 10.6. The lowest BCUT2D eigenvalue weighted by Crippen LogP contribution is -2.31. The number of carbonyl (C=O) groups is 1. The van der Waals surface area contributed by atoms with Gasteiger partial charge in [0, 0.05) is 21.4 Å². The van der Waals surface area contributed by atoms with Crippen LogP contribution in [0.3, 0.4) is 0 Å². The minimum absolute atomic E-state index is 0.373. The van der Waals surface area contributed by atoms with Crippen LogP contribution in [0.5, 0.6) is 5.75 Å². The van der Waals surface area contributed by atoms with Crippen molar-refractivity contribution < 1.29 is 14.3 Å². The molecule has 0 bridgehead atoms. The Kier molecular flexibility index (Phi) is 6.55. The molecule has 1 heterocycles. The molecule has 0 aliphatic carbocycles. The highest BCUT2D eigenvalue weighted by molar-refractivity contribution is 7.19. The summed E-state index contributed by atoms with van der Waals surface area (Å²) in [5, 5.41) is 3.81. The van der Waals surface area contributed by atoms with Gasteiger partial charge in [-0.25, -0.2) is 4.79 Å². The highest BCUT2D eigenvalue weighted by Crippen LogP contribution is 2.44. The number of esters is 1. The van der Waals surface area contributed by atoms with Gasteiger partial charge in [0.25, 0.3) is 0 Å². The van der Waals surface area contributed by atoms with Gasteiger partial charge in [0.15, 0.2) is 6.10 Å². The molecule has 5 rings (SSSR count). The Hall–Kier alpha value is -3.63. The first-order valence-corrected chi connectivity index (χ1v) is 13.0. The summed E-state index contributed by atoms with van der Waals surface area (Å²) in [5.41, 5.74) is 6.78. The molecule has 0 spiro atoms. The molecule has 36 heavy (non-hydrogen) atoms. The first kappa shape index (κ1) is 24.1. The van der Waals surface area contributed by atoms with E-state index in [4.69, 9.17) is 9.47 Å². The molecule has 0 radical (unpaired) electrons. The van der Waals surface area contributed by atoms with Gasteiger partial charge in [-0.1, -0.05) is 54.6 Å².